The van der Waals surface area contributed by atoms with Gasteiger partial charge in [-0.3, -0.25) is 0 Å². The van der Waals surface area contributed by atoms with Crippen LogP contribution in [0.5, 0.6) is 0 Å². The number of hydrogen-bond acceptors (Lipinski definition) is 4. The van der Waals surface area contributed by atoms with E-state index in [1.165, 1.54) is 0 Å². The number of pyridine rings is 1. The van der Waals surface area contributed by atoms with Crippen molar-refractivity contribution in [3.63, 3.8) is 0 Å². The normalized spacial score (nSPS) is 13.9. The highest BCUT2D eigenvalue weighted by Crippen LogP contribution is 2.19. The smallest absolute Gasteiger partial charge is 0.128 e. The first-order valence-electron chi connectivity index (χ1n) is 5.30. The summed E-state index contributed by atoms with van der Waals surface area (Å²) < 4.78 is 0. The lowest BCUT2D eigenvalue weighted by Crippen LogP contribution is -2.29. The van der Waals surface area contributed by atoms with Crippen molar-refractivity contribution in [3.8, 4) is 6.07 Å². The Labute approximate surface area is 96.2 Å². The Kier molecular flexibility index (Phi) is 4.27. The molecule has 0 saturated heterocycles. The van der Waals surface area contributed by atoms with Crippen LogP contribution in [0.25, 0.3) is 0 Å². The van der Waals surface area contributed by atoms with E-state index in [1.807, 2.05) is 24.9 Å². The lowest BCUT2D eigenvalue weighted by atomic mass is 10.1. The van der Waals surface area contributed by atoms with E-state index >= 15 is 0 Å². The van der Waals surface area contributed by atoms with Crippen molar-refractivity contribution < 1.29 is 5.11 Å². The fourth-order valence-electron chi connectivity index (χ4n) is 1.38. The molecule has 16 heavy (non-hydrogen) atoms. The summed E-state index contributed by atoms with van der Waals surface area (Å²) in [6.45, 7) is 3.69. The molecular weight excluding hydrogens is 202 g/mol. The number of aromatic nitrogens is 1. The number of nitriles is 1. The van der Waals surface area contributed by atoms with Crippen molar-refractivity contribution >= 4 is 5.82 Å². The van der Waals surface area contributed by atoms with Crippen molar-refractivity contribution in [1.29, 1.82) is 5.26 Å². The molecule has 1 aromatic heterocycles. The molecule has 1 unspecified atom stereocenters. The molecule has 2 atom stereocenters. The standard InChI is InChI=1S/C12H17N3O/c1-9(4-6-13)15(3)12-8-11(10(2)16)5-7-14-12/h5,7-10,16H,4H2,1-3H3/t9?,10-/m0/s1. The molecule has 0 aliphatic carbocycles. The minimum Gasteiger partial charge on any atom is -0.389 e. The largest absolute Gasteiger partial charge is 0.389 e. The number of rotatable bonds is 4. The summed E-state index contributed by atoms with van der Waals surface area (Å²) in [6.07, 6.45) is 1.63. The van der Waals surface area contributed by atoms with Crippen molar-refractivity contribution in [2.45, 2.75) is 32.4 Å². The van der Waals surface area contributed by atoms with Crippen LogP contribution in [0.2, 0.25) is 0 Å². The summed E-state index contributed by atoms with van der Waals surface area (Å²) >= 11 is 0. The molecule has 0 aromatic carbocycles. The van der Waals surface area contributed by atoms with E-state index in [4.69, 9.17) is 5.26 Å². The minimum absolute atomic E-state index is 0.113. The van der Waals surface area contributed by atoms with Crippen LogP contribution < -0.4 is 4.90 Å². The molecule has 0 saturated carbocycles. The second-order valence-electron chi connectivity index (χ2n) is 3.95. The van der Waals surface area contributed by atoms with Gasteiger partial charge in [0.2, 0.25) is 0 Å². The lowest BCUT2D eigenvalue weighted by Gasteiger charge is -2.24. The van der Waals surface area contributed by atoms with Gasteiger partial charge in [0.25, 0.3) is 0 Å². The molecule has 4 nitrogen and oxygen atoms in total. The van der Waals surface area contributed by atoms with Gasteiger partial charge in [0.15, 0.2) is 0 Å². The predicted octanol–water partition coefficient (Wildman–Crippen LogP) is 1.87. The van der Waals surface area contributed by atoms with Gasteiger partial charge in [-0.15, -0.1) is 0 Å². The van der Waals surface area contributed by atoms with Gasteiger partial charge >= 0.3 is 0 Å². The SMILES string of the molecule is CC(CC#N)N(C)c1cc([C@H](C)O)ccn1. The number of nitrogens with zero attached hydrogens (tertiary/aromatic N) is 3. The summed E-state index contributed by atoms with van der Waals surface area (Å²) in [5, 5.41) is 18.1. The van der Waals surface area contributed by atoms with Crippen LogP contribution in [0.1, 0.15) is 31.9 Å². The van der Waals surface area contributed by atoms with Crippen LogP contribution >= 0.6 is 0 Å². The lowest BCUT2D eigenvalue weighted by molar-refractivity contribution is 0.199. The van der Waals surface area contributed by atoms with E-state index in [2.05, 4.69) is 11.1 Å². The van der Waals surface area contributed by atoms with Crippen molar-refractivity contribution in [3.05, 3.63) is 23.9 Å². The third kappa shape index (κ3) is 2.94. The Morgan fingerprint density at radius 1 is 1.56 bits per heavy atom. The molecule has 0 fully saturated rings. The van der Waals surface area contributed by atoms with Gasteiger partial charge < -0.3 is 10.0 Å². The Morgan fingerprint density at radius 2 is 2.25 bits per heavy atom. The topological polar surface area (TPSA) is 60.2 Å². The Hall–Kier alpha value is -1.60. The van der Waals surface area contributed by atoms with E-state index in [1.54, 1.807) is 19.2 Å². The van der Waals surface area contributed by atoms with Gasteiger partial charge in [-0.1, -0.05) is 0 Å². The van der Waals surface area contributed by atoms with Gasteiger partial charge in [0.1, 0.15) is 5.82 Å². The summed E-state index contributed by atoms with van der Waals surface area (Å²) in [4.78, 5) is 6.17. The Morgan fingerprint density at radius 3 is 2.81 bits per heavy atom. The summed E-state index contributed by atoms with van der Waals surface area (Å²) in [6, 6.07) is 5.88. The van der Waals surface area contributed by atoms with Crippen LogP contribution in [0.4, 0.5) is 5.82 Å². The number of aliphatic hydroxyl groups is 1. The Balaban J connectivity index is 2.87. The summed E-state index contributed by atoms with van der Waals surface area (Å²) in [7, 11) is 1.90. The van der Waals surface area contributed by atoms with Crippen molar-refractivity contribution in [1.82, 2.24) is 4.98 Å². The fourth-order valence-corrected chi connectivity index (χ4v) is 1.38. The minimum atomic E-state index is -0.499. The first-order valence-corrected chi connectivity index (χ1v) is 5.30. The monoisotopic (exact) mass is 219 g/mol. The quantitative estimate of drug-likeness (QED) is 0.839. The zero-order valence-electron chi connectivity index (χ0n) is 9.88. The second-order valence-corrected chi connectivity index (χ2v) is 3.95. The number of aliphatic hydroxyl groups excluding tert-OH is 1. The van der Waals surface area contributed by atoms with Crippen LogP contribution in [-0.2, 0) is 0 Å². The van der Waals surface area contributed by atoms with E-state index in [0.29, 0.717) is 6.42 Å². The molecule has 1 heterocycles. The highest BCUT2D eigenvalue weighted by Gasteiger charge is 2.12. The molecule has 0 radical (unpaired) electrons. The second kappa shape index (κ2) is 5.47. The van der Waals surface area contributed by atoms with Gasteiger partial charge in [-0.2, -0.15) is 5.26 Å². The van der Waals surface area contributed by atoms with Crippen LogP contribution in [0.3, 0.4) is 0 Å². The van der Waals surface area contributed by atoms with Crippen LogP contribution in [0, 0.1) is 11.3 Å². The van der Waals surface area contributed by atoms with Gasteiger partial charge in [0.05, 0.1) is 18.6 Å². The van der Waals surface area contributed by atoms with Crippen LogP contribution in [0.15, 0.2) is 18.3 Å². The van der Waals surface area contributed by atoms with E-state index in [0.717, 1.165) is 11.4 Å². The molecule has 0 amide bonds. The predicted molar refractivity (Wildman–Crippen MR) is 63.0 cm³/mol. The molecule has 1 N–H and O–H groups in total. The highest BCUT2D eigenvalue weighted by atomic mass is 16.3. The van der Waals surface area contributed by atoms with Gasteiger partial charge in [-0.05, 0) is 31.5 Å². The summed E-state index contributed by atoms with van der Waals surface area (Å²) in [5.74, 6) is 0.779. The van der Waals surface area contributed by atoms with Crippen molar-refractivity contribution in [2.24, 2.45) is 0 Å². The first-order chi connectivity index (χ1) is 7.56. The third-order valence-electron chi connectivity index (χ3n) is 2.66. The maximum Gasteiger partial charge on any atom is 0.128 e. The average Bonchev–Trinajstić information content (AvgIpc) is 2.28. The zero-order valence-corrected chi connectivity index (χ0v) is 9.88. The average molecular weight is 219 g/mol. The molecule has 0 aliphatic heterocycles. The molecule has 1 rings (SSSR count). The molecule has 0 aliphatic rings. The zero-order chi connectivity index (χ0) is 12.1. The number of hydrogen-bond donors (Lipinski definition) is 1. The van der Waals surface area contributed by atoms with E-state index in [-0.39, 0.29) is 6.04 Å². The molecule has 4 heteroatoms. The van der Waals surface area contributed by atoms with Gasteiger partial charge in [-0.25, -0.2) is 4.98 Å². The third-order valence-corrected chi connectivity index (χ3v) is 2.66. The molecule has 1 aromatic rings. The molecule has 0 bridgehead atoms. The molecule has 0 spiro atoms. The van der Waals surface area contributed by atoms with Gasteiger partial charge in [0, 0.05) is 19.3 Å². The van der Waals surface area contributed by atoms with Crippen LogP contribution in [-0.4, -0.2) is 23.2 Å². The molecule has 86 valence electrons. The first kappa shape index (κ1) is 12.5. The fraction of sp³-hybridized carbons (Fsp3) is 0.500. The maximum absolute atomic E-state index is 9.47. The van der Waals surface area contributed by atoms with E-state index in [9.17, 15) is 5.11 Å². The summed E-state index contributed by atoms with van der Waals surface area (Å²) in [5.41, 5.74) is 0.834. The van der Waals surface area contributed by atoms with E-state index < -0.39 is 6.10 Å². The van der Waals surface area contributed by atoms with Crippen molar-refractivity contribution in [2.75, 3.05) is 11.9 Å². The maximum atomic E-state index is 9.47. The highest BCUT2D eigenvalue weighted by molar-refractivity contribution is 5.41. The molecular formula is C12H17N3O. The Bertz CT molecular complexity index is 384. The number of anilines is 1.